The molecule has 0 bridgehead atoms. The summed E-state index contributed by atoms with van der Waals surface area (Å²) >= 11 is 0. The average molecular weight is 226 g/mol. The summed E-state index contributed by atoms with van der Waals surface area (Å²) in [5.74, 6) is -1.73. The van der Waals surface area contributed by atoms with E-state index in [9.17, 15) is 13.6 Å². The number of rotatable bonds is 2. The molecule has 1 amide bonds. The van der Waals surface area contributed by atoms with Gasteiger partial charge in [-0.15, -0.1) is 0 Å². The largest absolute Gasteiger partial charge is 0.330 e. The first-order valence-corrected chi connectivity index (χ1v) is 5.08. The Morgan fingerprint density at radius 3 is 2.50 bits per heavy atom. The van der Waals surface area contributed by atoms with Gasteiger partial charge in [-0.25, -0.2) is 8.78 Å². The van der Waals surface area contributed by atoms with Crippen LogP contribution in [0.1, 0.15) is 6.42 Å². The van der Waals surface area contributed by atoms with E-state index in [2.05, 4.69) is 0 Å². The van der Waals surface area contributed by atoms with E-state index in [1.165, 1.54) is 6.07 Å². The first kappa shape index (κ1) is 11.0. The molecule has 0 aromatic heterocycles. The van der Waals surface area contributed by atoms with Gasteiger partial charge in [-0.3, -0.25) is 4.79 Å². The lowest BCUT2D eigenvalue weighted by Crippen LogP contribution is -2.27. The minimum atomic E-state index is -0.717. The molecule has 1 atom stereocenters. The molecule has 1 aliphatic rings. The third kappa shape index (κ3) is 1.78. The zero-order valence-electron chi connectivity index (χ0n) is 8.62. The van der Waals surface area contributed by atoms with E-state index < -0.39 is 11.6 Å². The van der Waals surface area contributed by atoms with Crippen LogP contribution in [0.4, 0.5) is 14.5 Å². The highest BCUT2D eigenvalue weighted by Crippen LogP contribution is 2.29. The van der Waals surface area contributed by atoms with Crippen molar-refractivity contribution in [1.29, 1.82) is 0 Å². The molecule has 2 rings (SSSR count). The number of halogens is 2. The molecule has 1 saturated heterocycles. The maximum atomic E-state index is 13.4. The monoisotopic (exact) mass is 226 g/mol. The minimum Gasteiger partial charge on any atom is -0.330 e. The Labute approximate surface area is 91.8 Å². The van der Waals surface area contributed by atoms with Crippen LogP contribution in [-0.2, 0) is 4.79 Å². The molecular formula is C11H12F2N2O. The molecule has 1 aromatic carbocycles. The molecule has 0 radical (unpaired) electrons. The molecule has 16 heavy (non-hydrogen) atoms. The van der Waals surface area contributed by atoms with Crippen LogP contribution in [0.25, 0.3) is 0 Å². The number of carbonyl (C=O) groups is 1. The van der Waals surface area contributed by atoms with Crippen LogP contribution in [-0.4, -0.2) is 19.0 Å². The normalized spacial score (nSPS) is 20.6. The van der Waals surface area contributed by atoms with Crippen molar-refractivity contribution in [3.8, 4) is 0 Å². The summed E-state index contributed by atoms with van der Waals surface area (Å²) in [7, 11) is 0. The van der Waals surface area contributed by atoms with E-state index in [0.29, 0.717) is 6.54 Å². The molecule has 86 valence electrons. The van der Waals surface area contributed by atoms with Gasteiger partial charge in [-0.05, 0) is 24.6 Å². The molecule has 1 heterocycles. The van der Waals surface area contributed by atoms with E-state index in [1.54, 1.807) is 0 Å². The second-order valence-electron chi connectivity index (χ2n) is 3.88. The van der Waals surface area contributed by atoms with Crippen LogP contribution in [0.2, 0.25) is 0 Å². The summed E-state index contributed by atoms with van der Waals surface area (Å²) in [4.78, 5) is 12.7. The third-order valence-corrected chi connectivity index (χ3v) is 2.75. The van der Waals surface area contributed by atoms with Crippen LogP contribution < -0.4 is 10.6 Å². The molecular weight excluding hydrogens is 214 g/mol. The Morgan fingerprint density at radius 2 is 2.00 bits per heavy atom. The van der Waals surface area contributed by atoms with Gasteiger partial charge in [0.1, 0.15) is 17.3 Å². The Balaban J connectivity index is 2.35. The maximum Gasteiger partial charge on any atom is 0.227 e. The van der Waals surface area contributed by atoms with Crippen molar-refractivity contribution in [3.05, 3.63) is 29.8 Å². The Hall–Kier alpha value is -1.49. The number of carbonyl (C=O) groups excluding carboxylic acids is 1. The van der Waals surface area contributed by atoms with Crippen LogP contribution in [0.5, 0.6) is 0 Å². The number of benzene rings is 1. The fourth-order valence-corrected chi connectivity index (χ4v) is 1.90. The minimum absolute atomic E-state index is 0.0218. The van der Waals surface area contributed by atoms with Crippen molar-refractivity contribution in [2.75, 3.05) is 18.0 Å². The second-order valence-corrected chi connectivity index (χ2v) is 3.88. The van der Waals surface area contributed by atoms with E-state index >= 15 is 0 Å². The number of amides is 1. The van der Waals surface area contributed by atoms with Gasteiger partial charge < -0.3 is 10.6 Å². The topological polar surface area (TPSA) is 46.3 Å². The van der Waals surface area contributed by atoms with E-state index in [0.717, 1.165) is 17.0 Å². The number of para-hydroxylation sites is 1. The predicted octanol–water partition coefficient (Wildman–Crippen LogP) is 1.28. The highest BCUT2D eigenvalue weighted by atomic mass is 19.1. The first-order chi connectivity index (χ1) is 7.63. The van der Waals surface area contributed by atoms with Gasteiger partial charge in [0.25, 0.3) is 0 Å². The van der Waals surface area contributed by atoms with Crippen LogP contribution in [0, 0.1) is 17.6 Å². The fraction of sp³-hybridized carbons (Fsp3) is 0.364. The Kier molecular flexibility index (Phi) is 2.87. The number of hydrogen-bond donors (Lipinski definition) is 1. The zero-order chi connectivity index (χ0) is 11.7. The second kappa shape index (κ2) is 4.17. The van der Waals surface area contributed by atoms with Crippen molar-refractivity contribution in [2.24, 2.45) is 11.7 Å². The van der Waals surface area contributed by atoms with Gasteiger partial charge in [-0.1, -0.05) is 6.07 Å². The van der Waals surface area contributed by atoms with Crippen LogP contribution >= 0.6 is 0 Å². The highest BCUT2D eigenvalue weighted by Gasteiger charge is 2.32. The maximum absolute atomic E-state index is 13.4. The summed E-state index contributed by atoms with van der Waals surface area (Å²) in [6.07, 6.45) is 0.254. The summed E-state index contributed by atoms with van der Waals surface area (Å²) in [6.45, 7) is 0.630. The molecule has 1 unspecified atom stereocenters. The third-order valence-electron chi connectivity index (χ3n) is 2.75. The Morgan fingerprint density at radius 1 is 1.38 bits per heavy atom. The van der Waals surface area contributed by atoms with E-state index in [1.807, 2.05) is 0 Å². The standard InChI is InChI=1S/C11H12F2N2O/c12-8-2-1-3-9(13)11(8)15-6-7(5-14)4-10(15)16/h1-3,7H,4-6,14H2. The highest BCUT2D eigenvalue weighted by molar-refractivity contribution is 5.96. The van der Waals surface area contributed by atoms with Crippen molar-refractivity contribution in [1.82, 2.24) is 0 Å². The summed E-state index contributed by atoms with van der Waals surface area (Å²) in [5.41, 5.74) is 5.19. The van der Waals surface area contributed by atoms with Crippen LogP contribution in [0.3, 0.4) is 0 Å². The van der Waals surface area contributed by atoms with Gasteiger partial charge in [0.15, 0.2) is 0 Å². The van der Waals surface area contributed by atoms with Crippen molar-refractivity contribution < 1.29 is 13.6 Å². The zero-order valence-corrected chi connectivity index (χ0v) is 8.62. The van der Waals surface area contributed by atoms with Gasteiger partial charge in [-0.2, -0.15) is 0 Å². The molecule has 0 spiro atoms. The predicted molar refractivity (Wildman–Crippen MR) is 55.9 cm³/mol. The molecule has 3 nitrogen and oxygen atoms in total. The lowest BCUT2D eigenvalue weighted by atomic mass is 10.1. The van der Waals surface area contributed by atoms with E-state index in [-0.39, 0.29) is 30.5 Å². The molecule has 1 fully saturated rings. The van der Waals surface area contributed by atoms with Gasteiger partial charge >= 0.3 is 0 Å². The van der Waals surface area contributed by atoms with Crippen molar-refractivity contribution in [3.63, 3.8) is 0 Å². The van der Waals surface area contributed by atoms with Crippen LogP contribution in [0.15, 0.2) is 18.2 Å². The fourth-order valence-electron chi connectivity index (χ4n) is 1.90. The van der Waals surface area contributed by atoms with E-state index in [4.69, 9.17) is 5.73 Å². The lowest BCUT2D eigenvalue weighted by Gasteiger charge is -2.17. The van der Waals surface area contributed by atoms with Crippen molar-refractivity contribution >= 4 is 11.6 Å². The molecule has 1 aliphatic heterocycles. The van der Waals surface area contributed by atoms with Gasteiger partial charge in [0.2, 0.25) is 5.91 Å². The van der Waals surface area contributed by atoms with Gasteiger partial charge in [0.05, 0.1) is 0 Å². The summed E-state index contributed by atoms with van der Waals surface area (Å²) in [5, 5.41) is 0. The number of nitrogens with two attached hydrogens (primary N) is 1. The molecule has 1 aromatic rings. The molecule has 2 N–H and O–H groups in total. The average Bonchev–Trinajstić information content (AvgIpc) is 2.60. The smallest absolute Gasteiger partial charge is 0.227 e. The lowest BCUT2D eigenvalue weighted by molar-refractivity contribution is -0.117. The quantitative estimate of drug-likeness (QED) is 0.825. The van der Waals surface area contributed by atoms with Crippen molar-refractivity contribution in [2.45, 2.75) is 6.42 Å². The number of nitrogens with zero attached hydrogens (tertiary/aromatic N) is 1. The number of anilines is 1. The van der Waals surface area contributed by atoms with Gasteiger partial charge in [0, 0.05) is 13.0 Å². The first-order valence-electron chi connectivity index (χ1n) is 5.08. The summed E-state index contributed by atoms with van der Waals surface area (Å²) < 4.78 is 26.9. The molecule has 5 heteroatoms. The SMILES string of the molecule is NCC1CC(=O)N(c2c(F)cccc2F)C1. The Bertz CT molecular complexity index is 402. The molecule has 0 aliphatic carbocycles. The number of hydrogen-bond acceptors (Lipinski definition) is 2. The molecule has 0 saturated carbocycles. The summed E-state index contributed by atoms with van der Waals surface area (Å²) in [6, 6.07) is 3.55.